The normalized spacial score (nSPS) is 15.0. The predicted octanol–water partition coefficient (Wildman–Crippen LogP) is 12.0. The van der Waals surface area contributed by atoms with Crippen LogP contribution in [0.4, 0.5) is 0 Å². The summed E-state index contributed by atoms with van der Waals surface area (Å²) >= 11 is 0. The van der Waals surface area contributed by atoms with Crippen LogP contribution in [-0.2, 0) is 6.42 Å². The molecule has 3 heterocycles. The van der Waals surface area contributed by atoms with E-state index in [0.717, 1.165) is 91.0 Å². The smallest absolute Gasteiger partial charge is 0.163 e. The zero-order valence-corrected chi connectivity index (χ0v) is 28.8. The number of furan rings is 1. The minimum atomic E-state index is -0.194. The quantitative estimate of drug-likeness (QED) is 0.173. The lowest BCUT2D eigenvalue weighted by molar-refractivity contribution is 0.508. The molecular weight excluding hydrogens is 649 g/mol. The predicted molar refractivity (Wildman–Crippen MR) is 216 cm³/mol. The molecule has 5 nitrogen and oxygen atoms in total. The molecule has 1 unspecified atom stereocenters. The Kier molecular flexibility index (Phi) is 6.74. The summed E-state index contributed by atoms with van der Waals surface area (Å²) in [5, 5.41) is 6.63. The molecule has 2 aliphatic rings. The second-order valence-electron chi connectivity index (χ2n) is 14.0. The van der Waals surface area contributed by atoms with Crippen molar-refractivity contribution in [3.05, 3.63) is 168 Å². The fraction of sp³-hybridized carbons (Fsp3) is 0.0833. The van der Waals surface area contributed by atoms with Crippen molar-refractivity contribution in [3.8, 4) is 34.0 Å². The average Bonchev–Trinajstić information content (AvgIpc) is 3.62. The molecule has 3 aromatic heterocycles. The van der Waals surface area contributed by atoms with Crippen LogP contribution in [0, 0.1) is 0 Å². The number of fused-ring (bicyclic) bond motifs is 9. The summed E-state index contributed by atoms with van der Waals surface area (Å²) in [6, 6.07) is 44.6. The maximum Gasteiger partial charge on any atom is 0.163 e. The van der Waals surface area contributed by atoms with Crippen molar-refractivity contribution in [2.24, 2.45) is 0 Å². The Morgan fingerprint density at radius 2 is 1.34 bits per heavy atom. The average molecular weight is 681 g/mol. The van der Waals surface area contributed by atoms with Crippen LogP contribution in [-0.4, -0.2) is 19.9 Å². The number of rotatable bonds is 4. The summed E-state index contributed by atoms with van der Waals surface area (Å²) in [4.78, 5) is 20.8. The van der Waals surface area contributed by atoms with Gasteiger partial charge in [0.05, 0.1) is 17.1 Å². The van der Waals surface area contributed by atoms with E-state index in [-0.39, 0.29) is 5.92 Å². The van der Waals surface area contributed by atoms with Gasteiger partial charge in [-0.3, -0.25) is 0 Å². The Morgan fingerprint density at radius 3 is 2.25 bits per heavy atom. The highest BCUT2D eigenvalue weighted by Gasteiger charge is 2.30. The third-order valence-corrected chi connectivity index (χ3v) is 10.9. The number of nitrogens with zero attached hydrogens (tertiary/aromatic N) is 4. The molecule has 0 amide bonds. The molecule has 0 spiro atoms. The molecule has 250 valence electrons. The molecule has 0 saturated carbocycles. The minimum Gasteiger partial charge on any atom is -0.459 e. The number of benzene rings is 6. The summed E-state index contributed by atoms with van der Waals surface area (Å²) in [6.07, 6.45) is 11.7. The molecule has 53 heavy (non-hydrogen) atoms. The van der Waals surface area contributed by atoms with Gasteiger partial charge in [0.2, 0.25) is 0 Å². The lowest BCUT2D eigenvalue weighted by Gasteiger charge is -2.18. The lowest BCUT2D eigenvalue weighted by atomic mass is 9.90. The molecule has 11 rings (SSSR count). The number of pyridine rings is 1. The van der Waals surface area contributed by atoms with E-state index in [1.165, 1.54) is 16.5 Å². The van der Waals surface area contributed by atoms with E-state index in [2.05, 4.69) is 140 Å². The van der Waals surface area contributed by atoms with Gasteiger partial charge in [0.25, 0.3) is 0 Å². The maximum atomic E-state index is 7.11. The van der Waals surface area contributed by atoms with Gasteiger partial charge in [-0.2, -0.15) is 0 Å². The molecule has 6 aromatic carbocycles. The fourth-order valence-corrected chi connectivity index (χ4v) is 8.23. The molecule has 2 aliphatic carbocycles. The number of para-hydroxylation sites is 1. The van der Waals surface area contributed by atoms with E-state index >= 15 is 0 Å². The first kappa shape index (κ1) is 30.0. The Balaban J connectivity index is 1.13. The molecule has 1 atom stereocenters. The van der Waals surface area contributed by atoms with Crippen LogP contribution >= 0.6 is 0 Å². The minimum absolute atomic E-state index is 0.194. The number of aromatic nitrogens is 4. The molecule has 0 bridgehead atoms. The molecule has 0 N–H and O–H groups in total. The van der Waals surface area contributed by atoms with E-state index in [1.807, 2.05) is 12.1 Å². The van der Waals surface area contributed by atoms with Crippen LogP contribution in [0.3, 0.4) is 0 Å². The van der Waals surface area contributed by atoms with E-state index < -0.39 is 0 Å². The van der Waals surface area contributed by atoms with E-state index in [9.17, 15) is 0 Å². The number of hydrogen-bond acceptors (Lipinski definition) is 5. The van der Waals surface area contributed by atoms with E-state index in [1.54, 1.807) is 0 Å². The van der Waals surface area contributed by atoms with Crippen molar-refractivity contribution < 1.29 is 4.42 Å². The largest absolute Gasteiger partial charge is 0.459 e. The van der Waals surface area contributed by atoms with Crippen LogP contribution in [0.5, 0.6) is 0 Å². The molecular formula is C48H32N4O. The Morgan fingerprint density at radius 1 is 0.566 bits per heavy atom. The topological polar surface area (TPSA) is 64.7 Å². The van der Waals surface area contributed by atoms with Gasteiger partial charge in [-0.25, -0.2) is 19.9 Å². The summed E-state index contributed by atoms with van der Waals surface area (Å²) in [6.45, 7) is 0. The maximum absolute atomic E-state index is 7.11. The van der Waals surface area contributed by atoms with Crippen molar-refractivity contribution in [3.63, 3.8) is 0 Å². The molecule has 9 aromatic rings. The third kappa shape index (κ3) is 4.92. The second-order valence-corrected chi connectivity index (χ2v) is 14.0. The number of allylic oxidation sites excluding steroid dienone is 2. The van der Waals surface area contributed by atoms with Crippen molar-refractivity contribution >= 4 is 55.6 Å². The van der Waals surface area contributed by atoms with Gasteiger partial charge < -0.3 is 4.42 Å². The lowest BCUT2D eigenvalue weighted by Crippen LogP contribution is -2.11. The van der Waals surface area contributed by atoms with Crippen LogP contribution < -0.4 is 0 Å². The SMILES string of the molecule is C1=Cc2ccc(-c3nc(-c4ccc5ccccc5c4)nc(C4CC=Cc5c4oc4c5ccc5c(-c6ccccc6)nc6ccccc6c54)n3)cc2CC1. The highest BCUT2D eigenvalue weighted by Crippen LogP contribution is 2.45. The number of hydrogen-bond donors (Lipinski definition) is 0. The Bertz CT molecular complexity index is 2990. The fourth-order valence-electron chi connectivity index (χ4n) is 8.23. The first-order chi connectivity index (χ1) is 26.2. The van der Waals surface area contributed by atoms with Gasteiger partial charge in [-0.05, 0) is 65.4 Å². The second kappa shape index (κ2) is 11.9. The highest BCUT2D eigenvalue weighted by molar-refractivity contribution is 6.21. The first-order valence-corrected chi connectivity index (χ1v) is 18.3. The first-order valence-electron chi connectivity index (χ1n) is 18.3. The van der Waals surface area contributed by atoms with Crippen LogP contribution in [0.1, 0.15) is 47.0 Å². The Labute approximate surface area is 306 Å². The van der Waals surface area contributed by atoms with Crippen molar-refractivity contribution in [2.75, 3.05) is 0 Å². The van der Waals surface area contributed by atoms with Gasteiger partial charge in [0, 0.05) is 43.8 Å². The Hall–Kier alpha value is -6.72. The van der Waals surface area contributed by atoms with Crippen molar-refractivity contribution in [1.82, 2.24) is 19.9 Å². The zero-order chi connectivity index (χ0) is 34.9. The van der Waals surface area contributed by atoms with Crippen molar-refractivity contribution in [2.45, 2.75) is 25.2 Å². The highest BCUT2D eigenvalue weighted by atomic mass is 16.3. The van der Waals surface area contributed by atoms with Gasteiger partial charge in [0.15, 0.2) is 11.6 Å². The summed E-state index contributed by atoms with van der Waals surface area (Å²) in [5.41, 5.74) is 9.46. The third-order valence-electron chi connectivity index (χ3n) is 10.9. The molecule has 0 saturated heterocycles. The van der Waals surface area contributed by atoms with E-state index in [0.29, 0.717) is 17.5 Å². The summed E-state index contributed by atoms with van der Waals surface area (Å²) in [7, 11) is 0. The van der Waals surface area contributed by atoms with Crippen LogP contribution in [0.15, 0.2) is 144 Å². The van der Waals surface area contributed by atoms with Crippen molar-refractivity contribution in [1.29, 1.82) is 0 Å². The van der Waals surface area contributed by atoms with Crippen LogP contribution in [0.2, 0.25) is 0 Å². The molecule has 0 aliphatic heterocycles. The molecule has 0 radical (unpaired) electrons. The summed E-state index contributed by atoms with van der Waals surface area (Å²) in [5.74, 6) is 2.74. The monoisotopic (exact) mass is 680 g/mol. The zero-order valence-electron chi connectivity index (χ0n) is 28.8. The van der Waals surface area contributed by atoms with Gasteiger partial charge in [0.1, 0.15) is 17.2 Å². The molecule has 0 fully saturated rings. The number of aryl methyl sites for hydroxylation is 1. The molecule has 5 heteroatoms. The van der Waals surface area contributed by atoms with E-state index in [4.69, 9.17) is 24.4 Å². The van der Waals surface area contributed by atoms with Crippen LogP contribution in [0.25, 0.3) is 89.6 Å². The van der Waals surface area contributed by atoms with Gasteiger partial charge in [-0.1, -0.05) is 127 Å². The van der Waals surface area contributed by atoms with Gasteiger partial charge >= 0.3 is 0 Å². The standard InChI is InChI=1S/C48H32N4O/c1-2-13-31(14-3-1)43-39-26-25-37-36-18-10-19-40(44(36)53-45(37)42(39)38-17-8-9-20-41(38)49-43)48-51-46(34-23-21-29-11-4-6-15-32(29)27-34)50-47(52-48)35-24-22-30-12-5-7-16-33(30)28-35/h1-6,8-15,17-18,20-28,40H,7,16,19H2. The van der Waals surface area contributed by atoms with Gasteiger partial charge in [-0.15, -0.1) is 0 Å². The summed E-state index contributed by atoms with van der Waals surface area (Å²) < 4.78 is 7.11.